The molecule has 3 rings (SSSR count). The summed E-state index contributed by atoms with van der Waals surface area (Å²) in [5, 5.41) is 15.6. The lowest BCUT2D eigenvalue weighted by molar-refractivity contribution is -0.113. The molecule has 3 aromatic rings. The van der Waals surface area contributed by atoms with Gasteiger partial charge in [-0.2, -0.15) is 0 Å². The normalized spacial score (nSPS) is 12.0. The van der Waals surface area contributed by atoms with Gasteiger partial charge in [0.25, 0.3) is 5.91 Å². The van der Waals surface area contributed by atoms with Gasteiger partial charge in [-0.3, -0.25) is 9.59 Å². The third kappa shape index (κ3) is 6.59. The van der Waals surface area contributed by atoms with Gasteiger partial charge in [-0.15, -0.1) is 10.2 Å². The number of aryl methyl sites for hydroxylation is 1. The molecule has 1 aromatic heterocycles. The first-order valence-corrected chi connectivity index (χ1v) is 12.5. The smallest absolute Gasteiger partial charge is 0.251 e. The fraction of sp³-hybridized carbons (Fsp3) is 0.304. The van der Waals surface area contributed by atoms with Gasteiger partial charge in [0.05, 0.1) is 16.8 Å². The molecule has 2 N–H and O–H groups in total. The van der Waals surface area contributed by atoms with Crippen molar-refractivity contribution in [2.75, 3.05) is 11.1 Å². The van der Waals surface area contributed by atoms with Crippen LogP contribution >= 0.6 is 39.3 Å². The second kappa shape index (κ2) is 11.2. The number of carbonyl (C=O) groups excluding carboxylic acids is 2. The molecule has 0 bridgehead atoms. The monoisotopic (exact) mass is 549 g/mol. The zero-order valence-corrected chi connectivity index (χ0v) is 21.9. The lowest BCUT2D eigenvalue weighted by atomic mass is 10.0. The van der Waals surface area contributed by atoms with Gasteiger partial charge in [0.1, 0.15) is 0 Å². The molecule has 0 unspecified atom stereocenters. The van der Waals surface area contributed by atoms with Crippen LogP contribution in [0.1, 0.15) is 41.6 Å². The minimum Gasteiger partial charge on any atom is -0.342 e. The minimum atomic E-state index is -0.328. The average molecular weight is 551 g/mol. The van der Waals surface area contributed by atoms with E-state index in [0.717, 1.165) is 5.56 Å². The lowest BCUT2D eigenvalue weighted by Gasteiger charge is -2.21. The number of benzene rings is 2. The minimum absolute atomic E-state index is 0.0896. The number of nitrogens with zero attached hydrogens (tertiary/aromatic N) is 3. The fourth-order valence-corrected chi connectivity index (χ4v) is 4.30. The van der Waals surface area contributed by atoms with Gasteiger partial charge < -0.3 is 15.2 Å². The summed E-state index contributed by atoms with van der Waals surface area (Å²) in [5.41, 5.74) is 2.33. The molecular weight excluding hydrogens is 526 g/mol. The highest BCUT2D eigenvalue weighted by atomic mass is 79.9. The van der Waals surface area contributed by atoms with Gasteiger partial charge in [-0.05, 0) is 59.1 Å². The van der Waals surface area contributed by atoms with Crippen LogP contribution in [-0.2, 0) is 11.8 Å². The lowest BCUT2D eigenvalue weighted by Crippen LogP contribution is -2.33. The van der Waals surface area contributed by atoms with Crippen LogP contribution in [0.15, 0.2) is 52.1 Å². The molecule has 7 nitrogen and oxygen atoms in total. The van der Waals surface area contributed by atoms with E-state index in [1.54, 1.807) is 30.3 Å². The highest BCUT2D eigenvalue weighted by molar-refractivity contribution is 9.10. The molecule has 10 heteroatoms. The molecule has 174 valence electrons. The number of thioether (sulfide) groups is 1. The van der Waals surface area contributed by atoms with E-state index in [9.17, 15) is 9.59 Å². The van der Waals surface area contributed by atoms with E-state index < -0.39 is 0 Å². The molecular formula is C23H25BrClN5O2S. The van der Waals surface area contributed by atoms with Crippen molar-refractivity contribution in [1.29, 1.82) is 0 Å². The maximum Gasteiger partial charge on any atom is 0.251 e. The van der Waals surface area contributed by atoms with Gasteiger partial charge in [0, 0.05) is 22.8 Å². The van der Waals surface area contributed by atoms with E-state index in [1.807, 2.05) is 44.5 Å². The largest absolute Gasteiger partial charge is 0.342 e. The van der Waals surface area contributed by atoms with Crippen LogP contribution in [0.5, 0.6) is 0 Å². The Kier molecular flexibility index (Phi) is 8.56. The molecule has 0 saturated heterocycles. The number of hydrogen-bond donors (Lipinski definition) is 2. The van der Waals surface area contributed by atoms with Crippen LogP contribution in [0, 0.1) is 12.8 Å². The second-order valence-electron chi connectivity index (χ2n) is 7.93. The van der Waals surface area contributed by atoms with Crippen LogP contribution in [0.3, 0.4) is 0 Å². The Hall–Kier alpha value is -2.36. The Morgan fingerprint density at radius 2 is 1.85 bits per heavy atom. The standard InChI is InChI=1S/C23H25BrClN5O2S/c1-13(2)20(27-22(32)15-7-5-14(3)6-8-15)21-28-29-23(30(21)4)33-12-19(31)26-16-9-10-18(25)17(24)11-16/h5-11,13,20H,12H2,1-4H3,(H,26,31)(H,27,32)/t20-/m0/s1. The maximum atomic E-state index is 12.8. The van der Waals surface area contributed by atoms with E-state index in [4.69, 9.17) is 11.6 Å². The third-order valence-electron chi connectivity index (χ3n) is 4.95. The summed E-state index contributed by atoms with van der Waals surface area (Å²) in [7, 11) is 1.83. The number of hydrogen-bond acceptors (Lipinski definition) is 5. The quantitative estimate of drug-likeness (QED) is 0.367. The van der Waals surface area contributed by atoms with Crippen LogP contribution < -0.4 is 10.6 Å². The molecule has 1 atom stereocenters. The number of amides is 2. The van der Waals surface area contributed by atoms with Crippen molar-refractivity contribution in [3.8, 4) is 0 Å². The first-order valence-electron chi connectivity index (χ1n) is 10.3. The topological polar surface area (TPSA) is 88.9 Å². The molecule has 0 aliphatic rings. The van der Waals surface area contributed by atoms with Crippen LogP contribution in [0.2, 0.25) is 5.02 Å². The Morgan fingerprint density at radius 3 is 2.48 bits per heavy atom. The fourth-order valence-electron chi connectivity index (χ4n) is 3.08. The Morgan fingerprint density at radius 1 is 1.15 bits per heavy atom. The van der Waals surface area contributed by atoms with Crippen LogP contribution in [0.25, 0.3) is 0 Å². The van der Waals surface area contributed by atoms with Gasteiger partial charge in [0.15, 0.2) is 11.0 Å². The average Bonchev–Trinajstić information content (AvgIpc) is 3.13. The molecule has 2 aromatic carbocycles. The van der Waals surface area contributed by atoms with Crippen LogP contribution in [0.4, 0.5) is 5.69 Å². The summed E-state index contributed by atoms with van der Waals surface area (Å²) in [5.74, 6) is 0.543. The number of aromatic nitrogens is 3. The van der Waals surface area contributed by atoms with Crippen molar-refractivity contribution in [3.63, 3.8) is 0 Å². The summed E-state index contributed by atoms with van der Waals surface area (Å²) in [6, 6.07) is 12.3. The predicted octanol–water partition coefficient (Wildman–Crippen LogP) is 5.40. The first-order chi connectivity index (χ1) is 15.7. The maximum absolute atomic E-state index is 12.8. The van der Waals surface area contributed by atoms with Gasteiger partial charge in [-0.1, -0.05) is 54.9 Å². The van der Waals surface area contributed by atoms with Crippen molar-refractivity contribution >= 4 is 56.8 Å². The second-order valence-corrected chi connectivity index (χ2v) is 10.1. The molecule has 0 radical (unpaired) electrons. The van der Waals surface area contributed by atoms with E-state index >= 15 is 0 Å². The van der Waals surface area contributed by atoms with Crippen molar-refractivity contribution in [2.45, 2.75) is 32.0 Å². The third-order valence-corrected chi connectivity index (χ3v) is 7.18. The molecule has 0 saturated carbocycles. The van der Waals surface area contributed by atoms with Crippen molar-refractivity contribution < 1.29 is 9.59 Å². The highest BCUT2D eigenvalue weighted by Gasteiger charge is 2.25. The van der Waals surface area contributed by atoms with E-state index in [-0.39, 0.29) is 29.5 Å². The zero-order chi connectivity index (χ0) is 24.1. The number of rotatable bonds is 8. The Balaban J connectivity index is 1.65. The Labute approximate surface area is 210 Å². The van der Waals surface area contributed by atoms with E-state index in [0.29, 0.717) is 31.7 Å². The number of anilines is 1. The van der Waals surface area contributed by atoms with Crippen molar-refractivity contribution in [1.82, 2.24) is 20.1 Å². The van der Waals surface area contributed by atoms with E-state index in [1.165, 1.54) is 11.8 Å². The molecule has 0 fully saturated rings. The summed E-state index contributed by atoms with van der Waals surface area (Å²) < 4.78 is 2.52. The van der Waals surface area contributed by atoms with Gasteiger partial charge >= 0.3 is 0 Å². The molecule has 2 amide bonds. The molecule has 1 heterocycles. The van der Waals surface area contributed by atoms with Crippen molar-refractivity contribution in [3.05, 3.63) is 68.9 Å². The van der Waals surface area contributed by atoms with Crippen molar-refractivity contribution in [2.24, 2.45) is 13.0 Å². The predicted molar refractivity (Wildman–Crippen MR) is 136 cm³/mol. The SMILES string of the molecule is Cc1ccc(C(=O)N[C@H](c2nnc(SCC(=O)Nc3ccc(Cl)c(Br)c3)n2C)C(C)C)cc1. The molecule has 0 aliphatic carbocycles. The summed E-state index contributed by atoms with van der Waals surface area (Å²) in [6.07, 6.45) is 0. The van der Waals surface area contributed by atoms with Crippen LogP contribution in [-0.4, -0.2) is 32.3 Å². The number of carbonyl (C=O) groups is 2. The van der Waals surface area contributed by atoms with Gasteiger partial charge in [-0.25, -0.2) is 0 Å². The van der Waals surface area contributed by atoms with Gasteiger partial charge in [0.2, 0.25) is 5.91 Å². The summed E-state index contributed by atoms with van der Waals surface area (Å²) in [6.45, 7) is 6.00. The number of nitrogens with one attached hydrogen (secondary N) is 2. The summed E-state index contributed by atoms with van der Waals surface area (Å²) >= 11 is 10.6. The Bertz CT molecular complexity index is 1150. The molecule has 33 heavy (non-hydrogen) atoms. The first kappa shape index (κ1) is 25.3. The molecule has 0 spiro atoms. The van der Waals surface area contributed by atoms with E-state index in [2.05, 4.69) is 36.8 Å². The summed E-state index contributed by atoms with van der Waals surface area (Å²) in [4.78, 5) is 25.1. The zero-order valence-electron chi connectivity index (χ0n) is 18.7. The highest BCUT2D eigenvalue weighted by Crippen LogP contribution is 2.27. The molecule has 0 aliphatic heterocycles. The number of halogens is 2.